The van der Waals surface area contributed by atoms with E-state index < -0.39 is 12.0 Å². The van der Waals surface area contributed by atoms with Crippen molar-refractivity contribution in [2.45, 2.75) is 31.7 Å². The van der Waals surface area contributed by atoms with Gasteiger partial charge < -0.3 is 15.3 Å². The van der Waals surface area contributed by atoms with E-state index in [0.717, 1.165) is 6.42 Å². The Morgan fingerprint density at radius 1 is 1.41 bits per heavy atom. The molecule has 2 aliphatic heterocycles. The molecule has 2 rings (SSSR count). The lowest BCUT2D eigenvalue weighted by Gasteiger charge is -2.20. The molecular weight excluding hydrogens is 224 g/mol. The number of carboxylic acids is 1. The molecule has 0 aromatic heterocycles. The van der Waals surface area contributed by atoms with Gasteiger partial charge in [0.15, 0.2) is 0 Å². The summed E-state index contributed by atoms with van der Waals surface area (Å²) in [4.78, 5) is 35.3. The van der Waals surface area contributed by atoms with Crippen LogP contribution in [0.15, 0.2) is 0 Å². The molecule has 0 bridgehead atoms. The molecule has 2 saturated heterocycles. The molecule has 2 heterocycles. The largest absolute Gasteiger partial charge is 0.481 e. The van der Waals surface area contributed by atoms with E-state index >= 15 is 0 Å². The van der Waals surface area contributed by atoms with Gasteiger partial charge in [0, 0.05) is 25.9 Å². The number of amides is 2. The average molecular weight is 240 g/mol. The van der Waals surface area contributed by atoms with E-state index in [1.807, 2.05) is 0 Å². The van der Waals surface area contributed by atoms with Crippen molar-refractivity contribution in [3.8, 4) is 0 Å². The number of likely N-dealkylation sites (tertiary alicyclic amines) is 1. The van der Waals surface area contributed by atoms with Crippen molar-refractivity contribution in [1.82, 2.24) is 10.2 Å². The molecule has 1 unspecified atom stereocenters. The maximum atomic E-state index is 12.0. The van der Waals surface area contributed by atoms with E-state index in [0.29, 0.717) is 25.9 Å². The molecule has 6 heteroatoms. The van der Waals surface area contributed by atoms with Crippen molar-refractivity contribution in [1.29, 1.82) is 0 Å². The second-order valence-electron chi connectivity index (χ2n) is 4.70. The minimum atomic E-state index is -0.821. The predicted molar refractivity (Wildman–Crippen MR) is 58.1 cm³/mol. The van der Waals surface area contributed by atoms with E-state index in [1.54, 1.807) is 4.90 Å². The number of rotatable bonds is 3. The summed E-state index contributed by atoms with van der Waals surface area (Å²) < 4.78 is 0. The first-order valence-corrected chi connectivity index (χ1v) is 5.86. The fourth-order valence-electron chi connectivity index (χ4n) is 2.47. The molecule has 17 heavy (non-hydrogen) atoms. The molecule has 0 saturated carbocycles. The first-order valence-electron chi connectivity index (χ1n) is 5.86. The van der Waals surface area contributed by atoms with Crippen LogP contribution in [-0.4, -0.2) is 46.9 Å². The maximum absolute atomic E-state index is 12.0. The molecule has 0 aliphatic carbocycles. The summed E-state index contributed by atoms with van der Waals surface area (Å²) >= 11 is 0. The minimum absolute atomic E-state index is 0.0496. The second-order valence-corrected chi connectivity index (χ2v) is 4.70. The summed E-state index contributed by atoms with van der Waals surface area (Å²) in [5.41, 5.74) is 0. The Kier molecular flexibility index (Phi) is 3.31. The van der Waals surface area contributed by atoms with Gasteiger partial charge >= 0.3 is 5.97 Å². The number of nitrogens with zero attached hydrogens (tertiary/aromatic N) is 1. The molecule has 2 N–H and O–H groups in total. The first-order chi connectivity index (χ1) is 8.06. The Bertz CT molecular complexity index is 355. The Morgan fingerprint density at radius 2 is 2.18 bits per heavy atom. The van der Waals surface area contributed by atoms with Gasteiger partial charge in [-0.2, -0.15) is 0 Å². The van der Waals surface area contributed by atoms with E-state index in [9.17, 15) is 14.4 Å². The number of hydrogen-bond donors (Lipinski definition) is 2. The fraction of sp³-hybridized carbons (Fsp3) is 0.727. The number of carboxylic acid groups (broad SMARTS) is 1. The molecule has 0 spiro atoms. The predicted octanol–water partition coefficient (Wildman–Crippen LogP) is -0.412. The van der Waals surface area contributed by atoms with E-state index in [4.69, 9.17) is 5.11 Å². The molecule has 6 nitrogen and oxygen atoms in total. The van der Waals surface area contributed by atoms with Crippen LogP contribution in [0.25, 0.3) is 0 Å². The molecular formula is C11H16N2O4. The molecule has 2 fully saturated rings. The van der Waals surface area contributed by atoms with Crippen molar-refractivity contribution in [2.75, 3.05) is 13.1 Å². The SMILES string of the molecule is O=C(O)CC1CCN(C(=O)[C@H]2CCC(=O)N2)C1. The third-order valence-corrected chi connectivity index (χ3v) is 3.35. The second kappa shape index (κ2) is 4.73. The van der Waals surface area contributed by atoms with Crippen LogP contribution in [0.2, 0.25) is 0 Å². The van der Waals surface area contributed by atoms with Crippen LogP contribution in [0.5, 0.6) is 0 Å². The monoisotopic (exact) mass is 240 g/mol. The minimum Gasteiger partial charge on any atom is -0.481 e. The smallest absolute Gasteiger partial charge is 0.303 e. The van der Waals surface area contributed by atoms with Gasteiger partial charge in [-0.25, -0.2) is 0 Å². The molecule has 0 aromatic rings. The Labute approximate surface area is 99.0 Å². The highest BCUT2D eigenvalue weighted by Crippen LogP contribution is 2.21. The highest BCUT2D eigenvalue weighted by atomic mass is 16.4. The number of nitrogens with one attached hydrogen (secondary N) is 1. The van der Waals surface area contributed by atoms with Crippen molar-refractivity contribution >= 4 is 17.8 Å². The van der Waals surface area contributed by atoms with Gasteiger partial charge in [-0.1, -0.05) is 0 Å². The van der Waals surface area contributed by atoms with Crippen LogP contribution in [-0.2, 0) is 14.4 Å². The Hall–Kier alpha value is -1.59. The van der Waals surface area contributed by atoms with Crippen LogP contribution < -0.4 is 5.32 Å². The quantitative estimate of drug-likeness (QED) is 0.702. The van der Waals surface area contributed by atoms with Crippen LogP contribution in [0.1, 0.15) is 25.7 Å². The van der Waals surface area contributed by atoms with Gasteiger partial charge in [-0.15, -0.1) is 0 Å². The fourth-order valence-corrected chi connectivity index (χ4v) is 2.47. The van der Waals surface area contributed by atoms with E-state index in [-0.39, 0.29) is 24.2 Å². The summed E-state index contributed by atoms with van der Waals surface area (Å²) in [5.74, 6) is -0.916. The highest BCUT2D eigenvalue weighted by molar-refractivity contribution is 5.91. The van der Waals surface area contributed by atoms with Gasteiger partial charge in [0.25, 0.3) is 0 Å². The molecule has 0 radical (unpaired) electrons. The zero-order chi connectivity index (χ0) is 12.4. The number of carbonyl (C=O) groups is 3. The van der Waals surface area contributed by atoms with E-state index in [2.05, 4.69) is 5.32 Å². The van der Waals surface area contributed by atoms with Crippen molar-refractivity contribution in [2.24, 2.45) is 5.92 Å². The van der Waals surface area contributed by atoms with Crippen molar-refractivity contribution < 1.29 is 19.5 Å². The third-order valence-electron chi connectivity index (χ3n) is 3.35. The van der Waals surface area contributed by atoms with Crippen molar-refractivity contribution in [3.63, 3.8) is 0 Å². The number of aliphatic carboxylic acids is 1. The molecule has 94 valence electrons. The van der Waals surface area contributed by atoms with E-state index in [1.165, 1.54) is 0 Å². The summed E-state index contributed by atoms with van der Waals surface area (Å²) in [7, 11) is 0. The van der Waals surface area contributed by atoms with Gasteiger partial charge in [-0.3, -0.25) is 14.4 Å². The van der Waals surface area contributed by atoms with Crippen LogP contribution in [0, 0.1) is 5.92 Å². The normalized spacial score (nSPS) is 28.2. The summed E-state index contributed by atoms with van der Waals surface area (Å²) in [6.45, 7) is 1.10. The van der Waals surface area contributed by atoms with Crippen LogP contribution in [0.4, 0.5) is 0 Å². The van der Waals surface area contributed by atoms with Gasteiger partial charge in [0.05, 0.1) is 0 Å². The van der Waals surface area contributed by atoms with Crippen molar-refractivity contribution in [3.05, 3.63) is 0 Å². The van der Waals surface area contributed by atoms with Gasteiger partial charge in [0.1, 0.15) is 6.04 Å². The van der Waals surface area contributed by atoms with Gasteiger partial charge in [0.2, 0.25) is 11.8 Å². The number of hydrogen-bond acceptors (Lipinski definition) is 3. The molecule has 0 aromatic carbocycles. The van der Waals surface area contributed by atoms with Crippen LogP contribution in [0.3, 0.4) is 0 Å². The summed E-state index contributed by atoms with van der Waals surface area (Å²) in [6.07, 6.45) is 1.81. The zero-order valence-electron chi connectivity index (χ0n) is 9.52. The standard InChI is InChI=1S/C11H16N2O4/c14-9-2-1-8(12-9)11(17)13-4-3-7(6-13)5-10(15)16/h7-8H,1-6H2,(H,12,14)(H,15,16)/t7?,8-/m1/s1. The first kappa shape index (κ1) is 11.9. The Balaban J connectivity index is 1.85. The summed E-state index contributed by atoms with van der Waals surface area (Å²) in [5, 5.41) is 11.3. The molecule has 2 aliphatic rings. The lowest BCUT2D eigenvalue weighted by molar-refractivity contribution is -0.138. The maximum Gasteiger partial charge on any atom is 0.303 e. The molecule has 2 atom stereocenters. The van der Waals surface area contributed by atoms with Gasteiger partial charge in [-0.05, 0) is 18.8 Å². The lowest BCUT2D eigenvalue weighted by atomic mass is 10.1. The molecule has 2 amide bonds. The highest BCUT2D eigenvalue weighted by Gasteiger charge is 2.34. The number of carbonyl (C=O) groups excluding carboxylic acids is 2. The Morgan fingerprint density at radius 3 is 2.76 bits per heavy atom. The zero-order valence-corrected chi connectivity index (χ0v) is 9.52. The third kappa shape index (κ3) is 2.75. The van der Waals surface area contributed by atoms with Crippen LogP contribution >= 0.6 is 0 Å². The average Bonchev–Trinajstić information content (AvgIpc) is 2.85. The lowest BCUT2D eigenvalue weighted by Crippen LogP contribution is -2.43. The topological polar surface area (TPSA) is 86.7 Å². The summed E-state index contributed by atoms with van der Waals surface area (Å²) in [6, 6.07) is -0.397.